The van der Waals surface area contributed by atoms with Gasteiger partial charge in [-0.2, -0.15) is 4.31 Å². The van der Waals surface area contributed by atoms with Crippen molar-refractivity contribution in [2.24, 2.45) is 0 Å². The first-order valence-electron chi connectivity index (χ1n) is 8.72. The largest absolute Gasteiger partial charge is 0.497 e. The van der Waals surface area contributed by atoms with Crippen LogP contribution in [0.25, 0.3) is 0 Å². The molecule has 10 nitrogen and oxygen atoms in total. The first-order chi connectivity index (χ1) is 13.4. The number of rotatable bonds is 8. The molecule has 0 spiro atoms. The van der Waals surface area contributed by atoms with Gasteiger partial charge in [-0.3, -0.25) is 9.59 Å². The summed E-state index contributed by atoms with van der Waals surface area (Å²) in [5, 5.41) is 4.80. The highest BCUT2D eigenvalue weighted by molar-refractivity contribution is 7.89. The molecule has 0 radical (unpaired) electrons. The van der Waals surface area contributed by atoms with Gasteiger partial charge in [0.15, 0.2) is 0 Å². The summed E-state index contributed by atoms with van der Waals surface area (Å²) in [6.45, 7) is 0.926. The molecule has 2 amide bonds. The molecular weight excluding hydrogens is 390 g/mol. The number of hydrogen-bond donors (Lipinski definition) is 2. The summed E-state index contributed by atoms with van der Waals surface area (Å²) in [6, 6.07) is 6.00. The van der Waals surface area contributed by atoms with Gasteiger partial charge >= 0.3 is 11.8 Å². The van der Waals surface area contributed by atoms with Crippen LogP contribution in [0.5, 0.6) is 5.75 Å². The summed E-state index contributed by atoms with van der Waals surface area (Å²) in [7, 11) is -0.869. The number of carbonyl (C=O) groups excluding carboxylic acids is 2. The van der Waals surface area contributed by atoms with Gasteiger partial charge in [-0.05, 0) is 30.7 Å². The summed E-state index contributed by atoms with van der Waals surface area (Å²) in [5.74, 6) is -1.15. The Morgan fingerprint density at radius 1 is 1.18 bits per heavy atom. The molecule has 0 saturated carbocycles. The third-order valence-corrected chi connectivity index (χ3v) is 5.96. The summed E-state index contributed by atoms with van der Waals surface area (Å²) in [6.07, 6.45) is -0.381. The van der Waals surface area contributed by atoms with Crippen molar-refractivity contribution in [2.45, 2.75) is 17.5 Å². The van der Waals surface area contributed by atoms with Gasteiger partial charge in [-0.1, -0.05) is 0 Å². The third kappa shape index (κ3) is 5.64. The van der Waals surface area contributed by atoms with Crippen molar-refractivity contribution in [1.29, 1.82) is 0 Å². The molecule has 0 aromatic heterocycles. The van der Waals surface area contributed by atoms with Crippen LogP contribution in [-0.2, 0) is 29.1 Å². The normalized spacial score (nSPS) is 17.7. The number of ether oxygens (including phenoxy) is 3. The minimum Gasteiger partial charge on any atom is -0.497 e. The minimum atomic E-state index is -3.84. The maximum atomic E-state index is 12.9. The van der Waals surface area contributed by atoms with E-state index in [1.165, 1.54) is 30.7 Å². The summed E-state index contributed by atoms with van der Waals surface area (Å²) >= 11 is 0. The van der Waals surface area contributed by atoms with E-state index in [2.05, 4.69) is 10.6 Å². The number of nitrogens with zero attached hydrogens (tertiary/aromatic N) is 1. The van der Waals surface area contributed by atoms with E-state index in [9.17, 15) is 18.0 Å². The van der Waals surface area contributed by atoms with E-state index >= 15 is 0 Å². The van der Waals surface area contributed by atoms with Gasteiger partial charge in [0.1, 0.15) is 12.0 Å². The van der Waals surface area contributed by atoms with Crippen LogP contribution < -0.4 is 15.4 Å². The zero-order valence-electron chi connectivity index (χ0n) is 15.8. The summed E-state index contributed by atoms with van der Waals surface area (Å²) in [5.41, 5.74) is 0. The predicted octanol–water partition coefficient (Wildman–Crippen LogP) is -0.689. The highest BCUT2D eigenvalue weighted by Crippen LogP contribution is 2.23. The Morgan fingerprint density at radius 2 is 1.86 bits per heavy atom. The Morgan fingerprint density at radius 3 is 2.50 bits per heavy atom. The number of hydrogen-bond acceptors (Lipinski definition) is 7. The zero-order valence-corrected chi connectivity index (χ0v) is 16.7. The standard InChI is InChI=1S/C17H25N3O7S/c1-25-11-8-18-16(21)17(22)19-12-15-20(9-3-10-27-15)28(23,24)14-6-4-13(26-2)5-7-14/h4-7,15H,3,8-12H2,1-2H3,(H,18,21)(H,19,22). The number of amides is 2. The van der Waals surface area contributed by atoms with E-state index in [4.69, 9.17) is 14.2 Å². The lowest BCUT2D eigenvalue weighted by Crippen LogP contribution is -2.53. The fourth-order valence-electron chi connectivity index (χ4n) is 2.59. The maximum Gasteiger partial charge on any atom is 0.309 e. The quantitative estimate of drug-likeness (QED) is 0.426. The van der Waals surface area contributed by atoms with E-state index in [-0.39, 0.29) is 31.1 Å². The van der Waals surface area contributed by atoms with Crippen LogP contribution in [-0.4, -0.2) is 77.8 Å². The first-order valence-corrected chi connectivity index (χ1v) is 10.2. The summed E-state index contributed by atoms with van der Waals surface area (Å²) in [4.78, 5) is 23.7. The van der Waals surface area contributed by atoms with E-state index in [0.717, 1.165) is 0 Å². The Bertz CT molecular complexity index is 767. The molecule has 1 atom stereocenters. The van der Waals surface area contributed by atoms with E-state index in [1.54, 1.807) is 12.1 Å². The van der Waals surface area contributed by atoms with Crippen LogP contribution in [0.15, 0.2) is 29.2 Å². The van der Waals surface area contributed by atoms with Gasteiger partial charge in [0.2, 0.25) is 10.0 Å². The van der Waals surface area contributed by atoms with Gasteiger partial charge in [0, 0.05) is 20.2 Å². The van der Waals surface area contributed by atoms with E-state index in [0.29, 0.717) is 18.8 Å². The molecule has 1 aromatic carbocycles. The molecular formula is C17H25N3O7S. The van der Waals surface area contributed by atoms with Crippen molar-refractivity contribution < 1.29 is 32.2 Å². The predicted molar refractivity (Wildman–Crippen MR) is 99.1 cm³/mol. The van der Waals surface area contributed by atoms with Crippen LogP contribution in [0.1, 0.15) is 6.42 Å². The lowest BCUT2D eigenvalue weighted by atomic mass is 10.3. The van der Waals surface area contributed by atoms with Gasteiger partial charge in [0.25, 0.3) is 0 Å². The smallest absolute Gasteiger partial charge is 0.309 e. The maximum absolute atomic E-state index is 12.9. The number of methoxy groups -OCH3 is 2. The topological polar surface area (TPSA) is 123 Å². The van der Waals surface area contributed by atoms with Gasteiger partial charge in [0.05, 0.1) is 31.8 Å². The van der Waals surface area contributed by atoms with Crippen molar-refractivity contribution in [3.63, 3.8) is 0 Å². The molecule has 1 aliphatic heterocycles. The Labute approximate surface area is 164 Å². The van der Waals surface area contributed by atoms with Crippen LogP contribution in [0.2, 0.25) is 0 Å². The monoisotopic (exact) mass is 415 g/mol. The SMILES string of the molecule is COCCNC(=O)C(=O)NCC1OCCCN1S(=O)(=O)c1ccc(OC)cc1. The molecule has 1 unspecified atom stereocenters. The fourth-order valence-corrected chi connectivity index (χ4v) is 4.16. The third-order valence-electron chi connectivity index (χ3n) is 4.06. The second-order valence-corrected chi connectivity index (χ2v) is 7.82. The van der Waals surface area contributed by atoms with Crippen LogP contribution in [0.3, 0.4) is 0 Å². The number of nitrogens with one attached hydrogen (secondary N) is 2. The highest BCUT2D eigenvalue weighted by atomic mass is 32.2. The molecule has 2 N–H and O–H groups in total. The molecule has 1 aliphatic rings. The van der Waals surface area contributed by atoms with Crippen molar-refractivity contribution in [1.82, 2.24) is 14.9 Å². The number of benzene rings is 1. The molecule has 1 fully saturated rings. The van der Waals surface area contributed by atoms with Gasteiger partial charge in [-0.25, -0.2) is 8.42 Å². The molecule has 11 heteroatoms. The lowest BCUT2D eigenvalue weighted by Gasteiger charge is -2.34. The first kappa shape index (κ1) is 22.1. The second kappa shape index (κ2) is 10.4. The van der Waals surface area contributed by atoms with Crippen LogP contribution in [0, 0.1) is 0 Å². The van der Waals surface area contributed by atoms with Crippen molar-refractivity contribution >= 4 is 21.8 Å². The van der Waals surface area contributed by atoms with Crippen molar-refractivity contribution in [2.75, 3.05) is 47.1 Å². The lowest BCUT2D eigenvalue weighted by molar-refractivity contribution is -0.140. The van der Waals surface area contributed by atoms with Crippen LogP contribution >= 0.6 is 0 Å². The van der Waals surface area contributed by atoms with E-state index in [1.807, 2.05) is 0 Å². The van der Waals surface area contributed by atoms with Crippen LogP contribution in [0.4, 0.5) is 0 Å². The number of sulfonamides is 1. The van der Waals surface area contributed by atoms with E-state index < -0.39 is 28.1 Å². The second-order valence-electron chi connectivity index (χ2n) is 5.93. The molecule has 28 heavy (non-hydrogen) atoms. The summed E-state index contributed by atoms with van der Waals surface area (Å²) < 4.78 is 42.4. The number of carbonyl (C=O) groups is 2. The average molecular weight is 415 g/mol. The Balaban J connectivity index is 2.02. The minimum absolute atomic E-state index is 0.0902. The molecule has 0 bridgehead atoms. The molecule has 156 valence electrons. The Kier molecular flexibility index (Phi) is 8.18. The highest BCUT2D eigenvalue weighted by Gasteiger charge is 2.34. The zero-order chi connectivity index (χ0) is 20.6. The average Bonchev–Trinajstić information content (AvgIpc) is 2.72. The van der Waals surface area contributed by atoms with Crippen molar-refractivity contribution in [3.8, 4) is 5.75 Å². The fraction of sp³-hybridized carbons (Fsp3) is 0.529. The Hall–Kier alpha value is -2.21. The molecule has 2 rings (SSSR count). The molecule has 1 heterocycles. The van der Waals surface area contributed by atoms with Gasteiger partial charge < -0.3 is 24.8 Å². The van der Waals surface area contributed by atoms with Gasteiger partial charge in [-0.15, -0.1) is 0 Å². The molecule has 0 aliphatic carbocycles. The van der Waals surface area contributed by atoms with Crippen molar-refractivity contribution in [3.05, 3.63) is 24.3 Å². The molecule has 1 saturated heterocycles. The molecule has 1 aromatic rings.